The highest BCUT2D eigenvalue weighted by atomic mass is 35.5. The second kappa shape index (κ2) is 5.37. The Morgan fingerprint density at radius 1 is 1.15 bits per heavy atom. The van der Waals surface area contributed by atoms with Gasteiger partial charge in [0, 0.05) is 16.7 Å². The molecule has 1 aromatic carbocycles. The number of thiazole rings is 1. The summed E-state index contributed by atoms with van der Waals surface area (Å²) in [6.07, 6.45) is -2.28. The van der Waals surface area contributed by atoms with Crippen LogP contribution in [-0.2, 0) is 6.18 Å². The Balaban J connectivity index is 1.74. The standard InChI is InChI=1S/C16H9ClF3N5S/c17-15-22-11-8(2-1-3-9(11)16(18,19)20)13-23-12(24-25(13)15)14-21-10(6-26-14)7-4-5-7/h1-3,6-7H,4-5H2. The van der Waals surface area contributed by atoms with Crippen molar-refractivity contribution < 1.29 is 13.2 Å². The third-order valence-electron chi connectivity index (χ3n) is 4.28. The van der Waals surface area contributed by atoms with Gasteiger partial charge in [-0.1, -0.05) is 6.07 Å². The number of halogens is 4. The topological polar surface area (TPSA) is 56.0 Å². The highest BCUT2D eigenvalue weighted by Crippen LogP contribution is 2.41. The number of fused-ring (bicyclic) bond motifs is 3. The van der Waals surface area contributed by atoms with E-state index >= 15 is 0 Å². The van der Waals surface area contributed by atoms with Crippen molar-refractivity contribution in [2.45, 2.75) is 24.9 Å². The molecule has 5 rings (SSSR count). The Morgan fingerprint density at radius 2 is 1.96 bits per heavy atom. The fourth-order valence-electron chi connectivity index (χ4n) is 2.87. The van der Waals surface area contributed by atoms with Crippen LogP contribution in [0.15, 0.2) is 23.6 Å². The molecule has 0 N–H and O–H groups in total. The van der Waals surface area contributed by atoms with E-state index in [1.54, 1.807) is 0 Å². The average Bonchev–Trinajstić information content (AvgIpc) is 3.15. The molecule has 0 aliphatic heterocycles. The maximum atomic E-state index is 13.3. The SMILES string of the molecule is FC(F)(F)c1cccc2c1nc(Cl)n1nc(-c3nc(C4CC4)cs3)nc21. The Hall–Kier alpha value is -2.26. The first kappa shape index (κ1) is 16.0. The van der Waals surface area contributed by atoms with Crippen LogP contribution in [0.25, 0.3) is 27.4 Å². The number of para-hydroxylation sites is 1. The molecular formula is C16H9ClF3N5S. The van der Waals surface area contributed by atoms with Gasteiger partial charge in [-0.2, -0.15) is 17.7 Å². The molecule has 0 amide bonds. The summed E-state index contributed by atoms with van der Waals surface area (Å²) in [6, 6.07) is 3.82. The van der Waals surface area contributed by atoms with Crippen LogP contribution in [0.5, 0.6) is 0 Å². The highest BCUT2D eigenvalue weighted by Gasteiger charge is 2.34. The van der Waals surface area contributed by atoms with Crippen molar-refractivity contribution in [3.8, 4) is 10.8 Å². The number of hydrogen-bond donors (Lipinski definition) is 0. The number of aromatic nitrogens is 5. The van der Waals surface area contributed by atoms with Crippen LogP contribution in [0.1, 0.15) is 30.0 Å². The van der Waals surface area contributed by atoms with E-state index in [9.17, 15) is 13.2 Å². The lowest BCUT2D eigenvalue weighted by Crippen LogP contribution is -2.07. The molecule has 3 heterocycles. The predicted molar refractivity (Wildman–Crippen MR) is 91.4 cm³/mol. The quantitative estimate of drug-likeness (QED) is 0.450. The van der Waals surface area contributed by atoms with E-state index in [0.29, 0.717) is 16.7 Å². The minimum Gasteiger partial charge on any atom is -0.237 e. The fraction of sp³-hybridized carbons (Fsp3) is 0.250. The van der Waals surface area contributed by atoms with Gasteiger partial charge in [0.15, 0.2) is 10.7 Å². The molecule has 0 radical (unpaired) electrons. The van der Waals surface area contributed by atoms with Crippen molar-refractivity contribution in [1.82, 2.24) is 24.6 Å². The van der Waals surface area contributed by atoms with Crippen molar-refractivity contribution in [2.75, 3.05) is 0 Å². The first-order chi connectivity index (χ1) is 12.4. The third kappa shape index (κ3) is 2.45. The van der Waals surface area contributed by atoms with E-state index in [2.05, 4.69) is 20.1 Å². The number of rotatable bonds is 2. The smallest absolute Gasteiger partial charge is 0.237 e. The molecule has 1 aliphatic carbocycles. The van der Waals surface area contributed by atoms with E-state index in [-0.39, 0.29) is 21.8 Å². The minimum atomic E-state index is -4.54. The van der Waals surface area contributed by atoms with Crippen molar-refractivity contribution in [3.05, 3.63) is 40.1 Å². The van der Waals surface area contributed by atoms with Crippen LogP contribution < -0.4 is 0 Å². The molecular weight excluding hydrogens is 387 g/mol. The molecule has 0 saturated heterocycles. The Kier molecular flexibility index (Phi) is 3.29. The van der Waals surface area contributed by atoms with Gasteiger partial charge >= 0.3 is 6.18 Å². The van der Waals surface area contributed by atoms with Gasteiger partial charge in [-0.05, 0) is 36.6 Å². The first-order valence-corrected chi connectivity index (χ1v) is 9.05. The average molecular weight is 396 g/mol. The lowest BCUT2D eigenvalue weighted by atomic mass is 10.1. The van der Waals surface area contributed by atoms with Crippen molar-refractivity contribution in [3.63, 3.8) is 0 Å². The Bertz CT molecular complexity index is 1160. The van der Waals surface area contributed by atoms with E-state index in [1.165, 1.54) is 28.0 Å². The first-order valence-electron chi connectivity index (χ1n) is 7.80. The van der Waals surface area contributed by atoms with Crippen LogP contribution in [0.2, 0.25) is 5.28 Å². The van der Waals surface area contributed by atoms with Gasteiger partial charge in [0.25, 0.3) is 0 Å². The van der Waals surface area contributed by atoms with Crippen molar-refractivity contribution in [2.24, 2.45) is 0 Å². The molecule has 132 valence electrons. The lowest BCUT2D eigenvalue weighted by molar-refractivity contribution is -0.136. The zero-order chi connectivity index (χ0) is 18.1. The number of alkyl halides is 3. The van der Waals surface area contributed by atoms with E-state index in [4.69, 9.17) is 11.6 Å². The summed E-state index contributed by atoms with van der Waals surface area (Å²) in [7, 11) is 0. The Labute approximate surface area is 153 Å². The lowest BCUT2D eigenvalue weighted by Gasteiger charge is -2.10. The van der Waals surface area contributed by atoms with Gasteiger partial charge in [-0.3, -0.25) is 0 Å². The molecule has 0 spiro atoms. The van der Waals surface area contributed by atoms with Gasteiger partial charge in [0.05, 0.1) is 16.8 Å². The Morgan fingerprint density at radius 3 is 2.69 bits per heavy atom. The normalized spacial score (nSPS) is 15.2. The third-order valence-corrected chi connectivity index (χ3v) is 5.38. The zero-order valence-electron chi connectivity index (χ0n) is 13.0. The van der Waals surface area contributed by atoms with E-state index in [1.807, 2.05) is 5.38 Å². The van der Waals surface area contributed by atoms with Crippen LogP contribution in [0.3, 0.4) is 0 Å². The molecule has 0 atom stereocenters. The molecule has 10 heteroatoms. The monoisotopic (exact) mass is 395 g/mol. The van der Waals surface area contributed by atoms with E-state index < -0.39 is 11.7 Å². The molecule has 0 unspecified atom stereocenters. The van der Waals surface area contributed by atoms with Crippen LogP contribution in [0.4, 0.5) is 13.2 Å². The summed E-state index contributed by atoms with van der Waals surface area (Å²) >= 11 is 7.50. The summed E-state index contributed by atoms with van der Waals surface area (Å²) in [5, 5.41) is 6.94. The molecule has 0 bridgehead atoms. The van der Waals surface area contributed by atoms with Gasteiger partial charge in [-0.25, -0.2) is 15.0 Å². The van der Waals surface area contributed by atoms with Crippen LogP contribution >= 0.6 is 22.9 Å². The van der Waals surface area contributed by atoms with E-state index in [0.717, 1.165) is 24.6 Å². The summed E-state index contributed by atoms with van der Waals surface area (Å²) in [4.78, 5) is 12.8. The number of nitrogens with zero attached hydrogens (tertiary/aromatic N) is 5. The fourth-order valence-corrected chi connectivity index (χ4v) is 3.90. The molecule has 1 fully saturated rings. The second-order valence-electron chi connectivity index (χ2n) is 6.10. The molecule has 26 heavy (non-hydrogen) atoms. The maximum absolute atomic E-state index is 13.3. The molecule has 5 nitrogen and oxygen atoms in total. The zero-order valence-corrected chi connectivity index (χ0v) is 14.5. The molecule has 4 aromatic rings. The maximum Gasteiger partial charge on any atom is 0.418 e. The number of hydrogen-bond acceptors (Lipinski definition) is 5. The van der Waals surface area contributed by atoms with Crippen molar-refractivity contribution >= 4 is 39.5 Å². The van der Waals surface area contributed by atoms with Gasteiger partial charge in [0.1, 0.15) is 0 Å². The number of benzene rings is 1. The molecule has 1 aliphatic rings. The summed E-state index contributed by atoms with van der Waals surface area (Å²) < 4.78 is 41.1. The summed E-state index contributed by atoms with van der Waals surface area (Å²) in [5.74, 6) is 0.827. The minimum absolute atomic E-state index is 0.179. The largest absolute Gasteiger partial charge is 0.418 e. The van der Waals surface area contributed by atoms with Gasteiger partial charge in [-0.15, -0.1) is 16.4 Å². The van der Waals surface area contributed by atoms with Gasteiger partial charge < -0.3 is 0 Å². The second-order valence-corrected chi connectivity index (χ2v) is 7.30. The van der Waals surface area contributed by atoms with Crippen molar-refractivity contribution in [1.29, 1.82) is 0 Å². The molecule has 1 saturated carbocycles. The summed E-state index contributed by atoms with van der Waals surface area (Å²) in [5.41, 5.74) is 0.144. The van der Waals surface area contributed by atoms with Gasteiger partial charge in [0.2, 0.25) is 11.1 Å². The van der Waals surface area contributed by atoms with Crippen LogP contribution in [-0.4, -0.2) is 24.6 Å². The predicted octanol–water partition coefficient (Wildman–Crippen LogP) is 4.95. The van der Waals surface area contributed by atoms with Crippen LogP contribution in [0, 0.1) is 0 Å². The highest BCUT2D eigenvalue weighted by molar-refractivity contribution is 7.13. The molecule has 3 aromatic heterocycles. The summed E-state index contributed by atoms with van der Waals surface area (Å²) in [6.45, 7) is 0.